The van der Waals surface area contributed by atoms with E-state index in [1.54, 1.807) is 29.4 Å². The molecule has 0 saturated carbocycles. The van der Waals surface area contributed by atoms with Gasteiger partial charge in [0.1, 0.15) is 5.69 Å². The van der Waals surface area contributed by atoms with Gasteiger partial charge in [-0.15, -0.1) is 0 Å². The number of aryl methyl sites for hydroxylation is 2. The quantitative estimate of drug-likeness (QED) is 0.540. The van der Waals surface area contributed by atoms with E-state index in [4.69, 9.17) is 0 Å². The first-order valence-corrected chi connectivity index (χ1v) is 6.52. The van der Waals surface area contributed by atoms with Crippen molar-refractivity contribution >= 4 is 22.6 Å². The molecule has 2 heterocycles. The summed E-state index contributed by atoms with van der Waals surface area (Å²) in [5.74, 6) is -0.308. The lowest BCUT2D eigenvalue weighted by molar-refractivity contribution is 0.0884. The zero-order valence-electron chi connectivity index (χ0n) is 11.8. The van der Waals surface area contributed by atoms with E-state index in [0.29, 0.717) is 11.5 Å². The number of rotatable bonds is 4. The number of hydrogen-bond acceptors (Lipinski definition) is 4. The van der Waals surface area contributed by atoms with E-state index in [0.717, 1.165) is 11.0 Å². The smallest absolute Gasteiger partial charge is 0.206 e. The molecule has 0 aliphatic heterocycles. The van der Waals surface area contributed by atoms with Crippen LogP contribution in [0.1, 0.15) is 27.5 Å². The average Bonchev–Trinajstić information content (AvgIpc) is 3.04. The van der Waals surface area contributed by atoms with Crippen molar-refractivity contribution < 1.29 is 9.59 Å². The number of carbonyl (C=O) groups excluding carboxylic acids is 2. The maximum Gasteiger partial charge on any atom is 0.206 e. The summed E-state index contributed by atoms with van der Waals surface area (Å²) in [7, 11) is 3.55. The summed E-state index contributed by atoms with van der Waals surface area (Å²) in [6, 6.07) is 7.48. The Hall–Kier alpha value is -2.76. The lowest BCUT2D eigenvalue weighted by Crippen LogP contribution is -2.13. The summed E-state index contributed by atoms with van der Waals surface area (Å²) < 4.78 is 3.39. The first-order valence-electron chi connectivity index (χ1n) is 6.52. The molecular formula is C15H14N4O2. The maximum absolute atomic E-state index is 12.3. The maximum atomic E-state index is 12.3. The Kier molecular flexibility index (Phi) is 3.13. The van der Waals surface area contributed by atoms with Gasteiger partial charge in [-0.2, -0.15) is 0 Å². The summed E-state index contributed by atoms with van der Waals surface area (Å²) in [4.78, 5) is 32.6. The van der Waals surface area contributed by atoms with E-state index in [1.165, 1.54) is 6.33 Å². The van der Waals surface area contributed by atoms with Gasteiger partial charge in [-0.05, 0) is 12.1 Å². The fourth-order valence-electron chi connectivity index (χ4n) is 2.27. The highest BCUT2D eigenvalue weighted by molar-refractivity contribution is 6.12. The molecule has 2 aromatic heterocycles. The molecule has 0 aliphatic rings. The number of imidazole rings is 2. The van der Waals surface area contributed by atoms with Crippen LogP contribution in [0.4, 0.5) is 0 Å². The highest BCUT2D eigenvalue weighted by atomic mass is 16.1. The highest BCUT2D eigenvalue weighted by Crippen LogP contribution is 2.16. The molecule has 1 aromatic carbocycles. The largest absolute Gasteiger partial charge is 0.340 e. The molecule has 0 aliphatic carbocycles. The predicted molar refractivity (Wildman–Crippen MR) is 77.2 cm³/mol. The van der Waals surface area contributed by atoms with Crippen LogP contribution in [-0.4, -0.2) is 30.7 Å². The molecule has 0 fully saturated rings. The van der Waals surface area contributed by atoms with Gasteiger partial charge in [0.05, 0.1) is 23.8 Å². The summed E-state index contributed by atoms with van der Waals surface area (Å²) >= 11 is 0. The molecular weight excluding hydrogens is 268 g/mol. The van der Waals surface area contributed by atoms with Crippen molar-refractivity contribution in [3.63, 3.8) is 0 Å². The standard InChI is InChI=1S/C15H14N4O2/c1-18-8-11(16-9-18)13(20)7-14(21)15-17-10-5-3-4-6-12(10)19(15)2/h3-6,8-9H,7H2,1-2H3. The number of carbonyl (C=O) groups is 2. The van der Waals surface area contributed by atoms with Crippen LogP contribution in [0.25, 0.3) is 11.0 Å². The second-order valence-electron chi connectivity index (χ2n) is 4.93. The Morgan fingerprint density at radius 2 is 1.90 bits per heavy atom. The van der Waals surface area contributed by atoms with Crippen molar-refractivity contribution in [3.05, 3.63) is 48.3 Å². The predicted octanol–water partition coefficient (Wildman–Crippen LogP) is 1.76. The van der Waals surface area contributed by atoms with Crippen LogP contribution in [0.2, 0.25) is 0 Å². The van der Waals surface area contributed by atoms with Crippen LogP contribution < -0.4 is 0 Å². The molecule has 0 atom stereocenters. The van der Waals surface area contributed by atoms with Gasteiger partial charge < -0.3 is 9.13 Å². The monoisotopic (exact) mass is 282 g/mol. The molecule has 0 radical (unpaired) electrons. The van der Waals surface area contributed by atoms with E-state index in [-0.39, 0.29) is 18.0 Å². The fourth-order valence-corrected chi connectivity index (χ4v) is 2.27. The van der Waals surface area contributed by atoms with Gasteiger partial charge >= 0.3 is 0 Å². The molecule has 0 spiro atoms. The first-order chi connectivity index (χ1) is 10.1. The van der Waals surface area contributed by atoms with Crippen LogP contribution in [0.5, 0.6) is 0 Å². The molecule has 106 valence electrons. The molecule has 0 saturated heterocycles. The molecule has 21 heavy (non-hydrogen) atoms. The number of Topliss-reactive ketones (excluding diaryl/α,β-unsaturated/α-hetero) is 2. The van der Waals surface area contributed by atoms with Crippen LogP contribution in [0.15, 0.2) is 36.8 Å². The third kappa shape index (κ3) is 2.35. The Labute approximate surface area is 121 Å². The van der Waals surface area contributed by atoms with Crippen molar-refractivity contribution in [1.29, 1.82) is 0 Å². The molecule has 0 bridgehead atoms. The Morgan fingerprint density at radius 3 is 2.57 bits per heavy atom. The minimum Gasteiger partial charge on any atom is -0.340 e. The normalized spacial score (nSPS) is 11.0. The van der Waals surface area contributed by atoms with Gasteiger partial charge in [0.2, 0.25) is 5.78 Å². The molecule has 6 heteroatoms. The third-order valence-electron chi connectivity index (χ3n) is 3.35. The van der Waals surface area contributed by atoms with Gasteiger partial charge in [-0.1, -0.05) is 12.1 Å². The van der Waals surface area contributed by atoms with E-state index in [1.807, 2.05) is 24.3 Å². The van der Waals surface area contributed by atoms with Gasteiger partial charge in [-0.25, -0.2) is 9.97 Å². The van der Waals surface area contributed by atoms with Crippen molar-refractivity contribution in [2.75, 3.05) is 0 Å². The summed E-state index contributed by atoms with van der Waals surface area (Å²) in [6.07, 6.45) is 2.91. The molecule has 0 unspecified atom stereocenters. The van der Waals surface area contributed by atoms with E-state index in [2.05, 4.69) is 9.97 Å². The van der Waals surface area contributed by atoms with Crippen LogP contribution in [-0.2, 0) is 14.1 Å². The van der Waals surface area contributed by atoms with Gasteiger partial charge in [0, 0.05) is 20.3 Å². The second kappa shape index (κ2) is 4.97. The minimum atomic E-state index is -0.302. The zero-order valence-corrected chi connectivity index (χ0v) is 11.8. The molecule has 3 aromatic rings. The van der Waals surface area contributed by atoms with E-state index < -0.39 is 0 Å². The summed E-state index contributed by atoms with van der Waals surface area (Å²) in [6.45, 7) is 0. The topological polar surface area (TPSA) is 69.8 Å². The Morgan fingerprint density at radius 1 is 1.14 bits per heavy atom. The van der Waals surface area contributed by atoms with E-state index in [9.17, 15) is 9.59 Å². The van der Waals surface area contributed by atoms with Crippen molar-refractivity contribution in [2.45, 2.75) is 6.42 Å². The van der Waals surface area contributed by atoms with Gasteiger partial charge in [-0.3, -0.25) is 9.59 Å². The first kappa shape index (κ1) is 13.2. The number of para-hydroxylation sites is 2. The van der Waals surface area contributed by atoms with Crippen LogP contribution >= 0.6 is 0 Å². The van der Waals surface area contributed by atoms with Gasteiger partial charge in [0.25, 0.3) is 0 Å². The number of nitrogens with zero attached hydrogens (tertiary/aromatic N) is 4. The van der Waals surface area contributed by atoms with E-state index >= 15 is 0 Å². The number of ketones is 2. The van der Waals surface area contributed by atoms with Crippen LogP contribution in [0, 0.1) is 0 Å². The average molecular weight is 282 g/mol. The lowest BCUT2D eigenvalue weighted by atomic mass is 10.1. The van der Waals surface area contributed by atoms with Crippen LogP contribution in [0.3, 0.4) is 0 Å². The summed E-state index contributed by atoms with van der Waals surface area (Å²) in [5, 5.41) is 0. The number of hydrogen-bond donors (Lipinski definition) is 0. The minimum absolute atomic E-state index is 0.228. The molecule has 3 rings (SSSR count). The fraction of sp³-hybridized carbons (Fsp3) is 0.200. The zero-order chi connectivity index (χ0) is 15.0. The Balaban J connectivity index is 1.87. The summed E-state index contributed by atoms with van der Waals surface area (Å²) in [5.41, 5.74) is 1.91. The number of aromatic nitrogens is 4. The second-order valence-corrected chi connectivity index (χ2v) is 4.93. The molecule has 0 N–H and O–H groups in total. The molecule has 6 nitrogen and oxygen atoms in total. The van der Waals surface area contributed by atoms with Crippen molar-refractivity contribution in [2.24, 2.45) is 14.1 Å². The highest BCUT2D eigenvalue weighted by Gasteiger charge is 2.20. The lowest BCUT2D eigenvalue weighted by Gasteiger charge is -2.00. The molecule has 0 amide bonds. The van der Waals surface area contributed by atoms with Crippen molar-refractivity contribution in [3.8, 4) is 0 Å². The third-order valence-corrected chi connectivity index (χ3v) is 3.35. The Bertz CT molecular complexity index is 844. The van der Waals surface area contributed by atoms with Crippen molar-refractivity contribution in [1.82, 2.24) is 19.1 Å². The number of fused-ring (bicyclic) bond motifs is 1. The number of benzene rings is 1. The SMILES string of the molecule is Cn1cnc(C(=O)CC(=O)c2nc3ccccc3n2C)c1. The van der Waals surface area contributed by atoms with Gasteiger partial charge in [0.15, 0.2) is 11.6 Å².